The van der Waals surface area contributed by atoms with Crippen molar-refractivity contribution < 1.29 is 9.31 Å². The Hall–Kier alpha value is -1.49. The quantitative estimate of drug-likeness (QED) is 0.632. The Bertz CT molecular complexity index is 485. The first-order chi connectivity index (χ1) is 10.1. The van der Waals surface area contributed by atoms with Gasteiger partial charge >= 0.3 is 5.69 Å². The zero-order chi connectivity index (χ0) is 15.2. The van der Waals surface area contributed by atoms with Gasteiger partial charge in [-0.25, -0.2) is 0 Å². The van der Waals surface area contributed by atoms with Crippen LogP contribution in [0.25, 0.3) is 0 Å². The predicted octanol–water partition coefficient (Wildman–Crippen LogP) is 4.18. The van der Waals surface area contributed by atoms with Crippen molar-refractivity contribution >= 4 is 5.69 Å². The van der Waals surface area contributed by atoms with Crippen LogP contribution in [0, 0.1) is 21.8 Å². The van der Waals surface area contributed by atoms with E-state index in [4.69, 9.17) is 0 Å². The zero-order valence-corrected chi connectivity index (χ0v) is 12.5. The summed E-state index contributed by atoms with van der Waals surface area (Å²) in [6.07, 6.45) is 7.21. The molecule has 5 heteroatoms. The molecule has 0 atom stereocenters. The van der Waals surface area contributed by atoms with E-state index in [2.05, 4.69) is 12.2 Å². The standard InChI is InChI=1S/C16H23FN2O2/c1-2-4-12-7-9-14(10-8-12)18-11-13-5-3-6-15(16(13)17)19(20)21/h3,5-6,12,14,18H,2,4,7-11H2,1H3. The SMILES string of the molecule is CCCC1CCC(NCc2cccc([N+](=O)[O-])c2F)CC1. The van der Waals surface area contributed by atoms with Crippen molar-refractivity contribution in [1.82, 2.24) is 5.32 Å². The molecule has 0 aromatic heterocycles. The summed E-state index contributed by atoms with van der Waals surface area (Å²) in [5.74, 6) is 0.122. The Morgan fingerprint density at radius 3 is 2.67 bits per heavy atom. The lowest BCUT2D eigenvalue weighted by Crippen LogP contribution is -2.33. The topological polar surface area (TPSA) is 55.2 Å². The van der Waals surface area contributed by atoms with E-state index >= 15 is 0 Å². The molecule has 116 valence electrons. The van der Waals surface area contributed by atoms with E-state index in [0.29, 0.717) is 18.2 Å². The molecule has 1 saturated carbocycles. The number of nitrogens with zero attached hydrogens (tertiary/aromatic N) is 1. The zero-order valence-electron chi connectivity index (χ0n) is 12.5. The Morgan fingerprint density at radius 2 is 2.05 bits per heavy atom. The van der Waals surface area contributed by atoms with Crippen molar-refractivity contribution in [2.45, 2.75) is 58.0 Å². The van der Waals surface area contributed by atoms with E-state index in [1.165, 1.54) is 37.8 Å². The maximum Gasteiger partial charge on any atom is 0.305 e. The molecular weight excluding hydrogens is 271 g/mol. The molecule has 1 aliphatic rings. The van der Waals surface area contributed by atoms with Crippen LogP contribution in [-0.4, -0.2) is 11.0 Å². The summed E-state index contributed by atoms with van der Waals surface area (Å²) in [4.78, 5) is 10.1. The molecule has 0 bridgehead atoms. The Labute approximate surface area is 124 Å². The molecule has 1 aromatic carbocycles. The fourth-order valence-corrected chi connectivity index (χ4v) is 3.16. The minimum atomic E-state index is -0.713. The van der Waals surface area contributed by atoms with Gasteiger partial charge in [0.15, 0.2) is 0 Å². The van der Waals surface area contributed by atoms with Gasteiger partial charge in [0.2, 0.25) is 5.82 Å². The van der Waals surface area contributed by atoms with Crippen LogP contribution in [0.5, 0.6) is 0 Å². The molecule has 2 rings (SSSR count). The summed E-state index contributed by atoms with van der Waals surface area (Å²) < 4.78 is 14.0. The van der Waals surface area contributed by atoms with Gasteiger partial charge < -0.3 is 5.32 Å². The van der Waals surface area contributed by atoms with Gasteiger partial charge in [0.05, 0.1) is 4.92 Å². The second-order valence-corrected chi connectivity index (χ2v) is 5.89. The van der Waals surface area contributed by atoms with Gasteiger partial charge in [0, 0.05) is 24.2 Å². The van der Waals surface area contributed by atoms with Crippen LogP contribution in [0.2, 0.25) is 0 Å². The number of rotatable bonds is 6. The summed E-state index contributed by atoms with van der Waals surface area (Å²) in [5.41, 5.74) is -0.0687. The highest BCUT2D eigenvalue weighted by Gasteiger charge is 2.21. The van der Waals surface area contributed by atoms with E-state index in [9.17, 15) is 14.5 Å². The summed E-state index contributed by atoms with van der Waals surface area (Å²) in [5, 5.41) is 14.1. The molecule has 1 fully saturated rings. The highest BCUT2D eigenvalue weighted by atomic mass is 19.1. The van der Waals surface area contributed by atoms with Crippen LogP contribution in [0.1, 0.15) is 51.0 Å². The van der Waals surface area contributed by atoms with Gasteiger partial charge in [0.1, 0.15) is 0 Å². The molecule has 0 spiro atoms. The summed E-state index contributed by atoms with van der Waals surface area (Å²) in [6, 6.07) is 4.75. The van der Waals surface area contributed by atoms with E-state index in [1.807, 2.05) is 0 Å². The Kier molecular flexibility index (Phi) is 5.67. The number of halogens is 1. The smallest absolute Gasteiger partial charge is 0.305 e. The molecule has 21 heavy (non-hydrogen) atoms. The molecule has 1 N–H and O–H groups in total. The lowest BCUT2D eigenvalue weighted by molar-refractivity contribution is -0.387. The Balaban J connectivity index is 1.87. The summed E-state index contributed by atoms with van der Waals surface area (Å²) in [6.45, 7) is 2.58. The van der Waals surface area contributed by atoms with Gasteiger partial charge in [0.25, 0.3) is 0 Å². The predicted molar refractivity (Wildman–Crippen MR) is 80.5 cm³/mol. The van der Waals surface area contributed by atoms with Crippen LogP contribution in [0.4, 0.5) is 10.1 Å². The maximum atomic E-state index is 14.0. The number of nitrogens with one attached hydrogen (secondary N) is 1. The monoisotopic (exact) mass is 294 g/mol. The molecule has 0 saturated heterocycles. The summed E-state index contributed by atoms with van der Waals surface area (Å²) >= 11 is 0. The first kappa shape index (κ1) is 15.9. The third-order valence-corrected chi connectivity index (χ3v) is 4.38. The third-order valence-electron chi connectivity index (χ3n) is 4.38. The van der Waals surface area contributed by atoms with Gasteiger partial charge in [-0.1, -0.05) is 31.9 Å². The third kappa shape index (κ3) is 4.24. The number of nitro groups is 1. The average Bonchev–Trinajstić information content (AvgIpc) is 2.48. The highest BCUT2D eigenvalue weighted by Crippen LogP contribution is 2.28. The van der Waals surface area contributed by atoms with Crippen LogP contribution in [-0.2, 0) is 6.54 Å². The molecule has 1 aliphatic carbocycles. The lowest BCUT2D eigenvalue weighted by atomic mass is 9.83. The molecule has 0 aliphatic heterocycles. The van der Waals surface area contributed by atoms with Crippen molar-refractivity contribution in [3.63, 3.8) is 0 Å². The van der Waals surface area contributed by atoms with E-state index in [-0.39, 0.29) is 0 Å². The van der Waals surface area contributed by atoms with Crippen LogP contribution < -0.4 is 5.32 Å². The fraction of sp³-hybridized carbons (Fsp3) is 0.625. The number of hydrogen-bond acceptors (Lipinski definition) is 3. The van der Waals surface area contributed by atoms with E-state index in [0.717, 1.165) is 18.8 Å². The summed E-state index contributed by atoms with van der Waals surface area (Å²) in [7, 11) is 0. The van der Waals surface area contributed by atoms with Crippen molar-refractivity contribution in [1.29, 1.82) is 0 Å². The normalized spacial score (nSPS) is 22.2. The molecule has 1 aromatic rings. The van der Waals surface area contributed by atoms with Crippen molar-refractivity contribution in [3.8, 4) is 0 Å². The van der Waals surface area contributed by atoms with Gasteiger partial charge in [-0.05, 0) is 31.6 Å². The molecule has 0 amide bonds. The van der Waals surface area contributed by atoms with Crippen molar-refractivity contribution in [2.24, 2.45) is 5.92 Å². The molecule has 4 nitrogen and oxygen atoms in total. The van der Waals surface area contributed by atoms with Gasteiger partial charge in [-0.15, -0.1) is 0 Å². The highest BCUT2D eigenvalue weighted by molar-refractivity contribution is 5.36. The van der Waals surface area contributed by atoms with Gasteiger partial charge in [-0.3, -0.25) is 10.1 Å². The largest absolute Gasteiger partial charge is 0.310 e. The first-order valence-corrected chi connectivity index (χ1v) is 7.77. The van der Waals surface area contributed by atoms with Crippen LogP contribution >= 0.6 is 0 Å². The molecule has 0 unspecified atom stereocenters. The molecule has 0 heterocycles. The first-order valence-electron chi connectivity index (χ1n) is 7.77. The van der Waals surface area contributed by atoms with Crippen molar-refractivity contribution in [3.05, 3.63) is 39.7 Å². The minimum absolute atomic E-state index is 0.358. The molecule has 0 radical (unpaired) electrons. The second-order valence-electron chi connectivity index (χ2n) is 5.89. The average molecular weight is 294 g/mol. The number of hydrogen-bond donors (Lipinski definition) is 1. The Morgan fingerprint density at radius 1 is 1.33 bits per heavy atom. The van der Waals surface area contributed by atoms with E-state index in [1.54, 1.807) is 6.07 Å². The van der Waals surface area contributed by atoms with Crippen LogP contribution in [0.15, 0.2) is 18.2 Å². The van der Waals surface area contributed by atoms with Crippen molar-refractivity contribution in [2.75, 3.05) is 0 Å². The lowest BCUT2D eigenvalue weighted by Gasteiger charge is -2.29. The number of nitro benzene ring substituents is 1. The van der Waals surface area contributed by atoms with Gasteiger partial charge in [-0.2, -0.15) is 4.39 Å². The minimum Gasteiger partial charge on any atom is -0.310 e. The fourth-order valence-electron chi connectivity index (χ4n) is 3.16. The van der Waals surface area contributed by atoms with Crippen LogP contribution in [0.3, 0.4) is 0 Å². The van der Waals surface area contributed by atoms with E-state index < -0.39 is 16.4 Å². The maximum absolute atomic E-state index is 14.0. The molecular formula is C16H23FN2O2. The number of benzene rings is 1. The second kappa shape index (κ2) is 7.50.